The largest absolute Gasteiger partial charge is 0.240 e. The summed E-state index contributed by atoms with van der Waals surface area (Å²) in [6.07, 6.45) is 2.41. The zero-order valence-electron chi connectivity index (χ0n) is 13.1. The maximum absolute atomic E-state index is 6.05. The molecule has 0 bridgehead atoms. The molecular weight excluding hydrogens is 348 g/mol. The van der Waals surface area contributed by atoms with E-state index >= 15 is 0 Å². The summed E-state index contributed by atoms with van der Waals surface area (Å²) in [6.45, 7) is 11.0. The van der Waals surface area contributed by atoms with Gasteiger partial charge in [-0.25, -0.2) is 9.97 Å². The summed E-state index contributed by atoms with van der Waals surface area (Å²) in [7, 11) is 0. The third kappa shape index (κ3) is 3.83. The second-order valence-electron chi connectivity index (χ2n) is 6.44. The first-order chi connectivity index (χ1) is 9.68. The molecule has 0 aliphatic carbocycles. The van der Waals surface area contributed by atoms with Gasteiger partial charge in [0.15, 0.2) is 0 Å². The molecule has 0 aliphatic rings. The fourth-order valence-corrected chi connectivity index (χ4v) is 2.67. The third-order valence-electron chi connectivity index (χ3n) is 3.65. The van der Waals surface area contributed by atoms with Gasteiger partial charge in [0.25, 0.3) is 0 Å². The van der Waals surface area contributed by atoms with Crippen LogP contribution in [0.2, 0.25) is 5.15 Å². The number of nitrogens with zero attached hydrogens (tertiary/aromatic N) is 2. The lowest BCUT2D eigenvalue weighted by atomic mass is 9.83. The second kappa shape index (κ2) is 6.05. The van der Waals surface area contributed by atoms with Crippen LogP contribution in [-0.4, -0.2) is 9.97 Å². The van der Waals surface area contributed by atoms with Gasteiger partial charge in [0.05, 0.1) is 4.47 Å². The van der Waals surface area contributed by atoms with E-state index in [0.29, 0.717) is 11.6 Å². The standard InChI is InChI=1S/C17H20BrClN2/c1-10-6-12(17(3,4)5)7-11(2)13(10)8-15-20-9-14(18)16(19)21-15/h6-7,9H,8H2,1-5H3. The van der Waals surface area contributed by atoms with Crippen molar-refractivity contribution in [1.29, 1.82) is 0 Å². The van der Waals surface area contributed by atoms with Crippen LogP contribution in [0.5, 0.6) is 0 Å². The van der Waals surface area contributed by atoms with Crippen molar-refractivity contribution in [2.24, 2.45) is 0 Å². The minimum absolute atomic E-state index is 0.158. The van der Waals surface area contributed by atoms with Crippen LogP contribution in [0.25, 0.3) is 0 Å². The van der Waals surface area contributed by atoms with Crippen LogP contribution in [0.4, 0.5) is 0 Å². The molecule has 1 heterocycles. The molecule has 0 saturated heterocycles. The number of hydrogen-bond donors (Lipinski definition) is 0. The van der Waals surface area contributed by atoms with E-state index in [9.17, 15) is 0 Å². The predicted octanol–water partition coefficient (Wildman–Crippen LogP) is 5.40. The average molecular weight is 368 g/mol. The normalized spacial score (nSPS) is 11.8. The van der Waals surface area contributed by atoms with Crippen molar-refractivity contribution < 1.29 is 0 Å². The Kier molecular flexibility index (Phi) is 4.74. The van der Waals surface area contributed by atoms with Crippen molar-refractivity contribution in [2.45, 2.75) is 46.5 Å². The highest BCUT2D eigenvalue weighted by Crippen LogP contribution is 2.28. The van der Waals surface area contributed by atoms with Gasteiger partial charge >= 0.3 is 0 Å². The predicted molar refractivity (Wildman–Crippen MR) is 92.2 cm³/mol. The van der Waals surface area contributed by atoms with E-state index in [1.54, 1.807) is 6.20 Å². The van der Waals surface area contributed by atoms with Crippen LogP contribution >= 0.6 is 27.5 Å². The van der Waals surface area contributed by atoms with Crippen molar-refractivity contribution >= 4 is 27.5 Å². The molecule has 0 radical (unpaired) electrons. The summed E-state index contributed by atoms with van der Waals surface area (Å²) in [4.78, 5) is 8.67. The highest BCUT2D eigenvalue weighted by Gasteiger charge is 2.17. The molecule has 0 spiro atoms. The molecule has 0 aliphatic heterocycles. The molecule has 0 atom stereocenters. The van der Waals surface area contributed by atoms with Crippen molar-refractivity contribution in [1.82, 2.24) is 9.97 Å². The SMILES string of the molecule is Cc1cc(C(C)(C)C)cc(C)c1Cc1ncc(Br)c(Cl)n1. The maximum atomic E-state index is 6.05. The van der Waals surface area contributed by atoms with Crippen LogP contribution in [0.1, 0.15) is 48.8 Å². The maximum Gasteiger partial charge on any atom is 0.146 e. The third-order valence-corrected chi connectivity index (χ3v) is 4.74. The molecule has 0 amide bonds. The Morgan fingerprint density at radius 2 is 1.71 bits per heavy atom. The van der Waals surface area contributed by atoms with Gasteiger partial charge in [0, 0.05) is 12.6 Å². The van der Waals surface area contributed by atoms with Gasteiger partial charge in [-0.15, -0.1) is 0 Å². The van der Waals surface area contributed by atoms with Crippen LogP contribution in [0, 0.1) is 13.8 Å². The Morgan fingerprint density at radius 3 is 2.19 bits per heavy atom. The van der Waals surface area contributed by atoms with Crippen LogP contribution < -0.4 is 0 Å². The molecule has 0 fully saturated rings. The fourth-order valence-electron chi connectivity index (χ4n) is 2.33. The number of aryl methyl sites for hydroxylation is 2. The molecular formula is C17H20BrClN2. The van der Waals surface area contributed by atoms with E-state index in [-0.39, 0.29) is 5.41 Å². The molecule has 4 heteroatoms. The smallest absolute Gasteiger partial charge is 0.146 e. The first-order valence-corrected chi connectivity index (χ1v) is 8.13. The Bertz CT molecular complexity index is 652. The van der Waals surface area contributed by atoms with Crippen LogP contribution in [0.15, 0.2) is 22.8 Å². The number of aromatic nitrogens is 2. The van der Waals surface area contributed by atoms with E-state index in [4.69, 9.17) is 11.6 Å². The minimum Gasteiger partial charge on any atom is -0.240 e. The van der Waals surface area contributed by atoms with Crippen LogP contribution in [0.3, 0.4) is 0 Å². The van der Waals surface area contributed by atoms with E-state index < -0.39 is 0 Å². The van der Waals surface area contributed by atoms with E-state index in [0.717, 1.165) is 10.3 Å². The van der Waals surface area contributed by atoms with Gasteiger partial charge < -0.3 is 0 Å². The number of hydrogen-bond acceptors (Lipinski definition) is 2. The van der Waals surface area contributed by atoms with Gasteiger partial charge in [-0.3, -0.25) is 0 Å². The summed E-state index contributed by atoms with van der Waals surface area (Å²) in [5.74, 6) is 0.748. The Labute approximate surface area is 140 Å². The quantitative estimate of drug-likeness (QED) is 0.664. The summed E-state index contributed by atoms with van der Waals surface area (Å²) in [5, 5.41) is 0.460. The Morgan fingerprint density at radius 1 is 1.14 bits per heavy atom. The molecule has 0 N–H and O–H groups in total. The second-order valence-corrected chi connectivity index (χ2v) is 7.65. The summed E-state index contributed by atoms with van der Waals surface area (Å²) in [6, 6.07) is 4.53. The first kappa shape index (κ1) is 16.4. The monoisotopic (exact) mass is 366 g/mol. The molecule has 2 aromatic rings. The number of halogens is 2. The summed E-state index contributed by atoms with van der Waals surface area (Å²) in [5.41, 5.74) is 5.35. The lowest BCUT2D eigenvalue weighted by molar-refractivity contribution is 0.588. The van der Waals surface area contributed by atoms with Gasteiger partial charge in [0.1, 0.15) is 11.0 Å². The van der Waals surface area contributed by atoms with Crippen LogP contribution in [-0.2, 0) is 11.8 Å². The lowest BCUT2D eigenvalue weighted by Gasteiger charge is -2.22. The molecule has 2 nitrogen and oxygen atoms in total. The van der Waals surface area contributed by atoms with E-state index in [2.05, 4.69) is 72.6 Å². The van der Waals surface area contributed by atoms with Gasteiger partial charge in [-0.1, -0.05) is 44.5 Å². The number of benzene rings is 1. The fraction of sp³-hybridized carbons (Fsp3) is 0.412. The highest BCUT2D eigenvalue weighted by molar-refractivity contribution is 9.10. The molecule has 1 aromatic carbocycles. The van der Waals surface area contributed by atoms with Crippen molar-refractivity contribution in [3.05, 3.63) is 56.0 Å². The zero-order chi connectivity index (χ0) is 15.8. The minimum atomic E-state index is 0.158. The van der Waals surface area contributed by atoms with E-state index in [1.165, 1.54) is 22.3 Å². The Balaban J connectivity index is 2.39. The van der Waals surface area contributed by atoms with Gasteiger partial charge in [-0.05, 0) is 57.4 Å². The molecule has 0 unspecified atom stereocenters. The summed E-state index contributed by atoms with van der Waals surface area (Å²) >= 11 is 9.36. The van der Waals surface area contributed by atoms with Crippen molar-refractivity contribution in [3.63, 3.8) is 0 Å². The zero-order valence-corrected chi connectivity index (χ0v) is 15.4. The molecule has 1 aromatic heterocycles. The lowest BCUT2D eigenvalue weighted by Crippen LogP contribution is -2.13. The van der Waals surface area contributed by atoms with Crippen molar-refractivity contribution in [2.75, 3.05) is 0 Å². The highest BCUT2D eigenvalue weighted by atomic mass is 79.9. The van der Waals surface area contributed by atoms with Gasteiger partial charge in [0.2, 0.25) is 0 Å². The molecule has 2 rings (SSSR count). The topological polar surface area (TPSA) is 25.8 Å². The summed E-state index contributed by atoms with van der Waals surface area (Å²) < 4.78 is 0.726. The van der Waals surface area contributed by atoms with Crippen molar-refractivity contribution in [3.8, 4) is 0 Å². The average Bonchev–Trinajstić information content (AvgIpc) is 2.36. The van der Waals surface area contributed by atoms with E-state index in [1.807, 2.05) is 0 Å². The Hall–Kier alpha value is -0.930. The first-order valence-electron chi connectivity index (χ1n) is 6.96. The molecule has 0 saturated carbocycles. The molecule has 21 heavy (non-hydrogen) atoms. The number of rotatable bonds is 2. The van der Waals surface area contributed by atoms with Gasteiger partial charge in [-0.2, -0.15) is 0 Å². The molecule has 112 valence electrons.